The van der Waals surface area contributed by atoms with Crippen LogP contribution in [-0.2, 0) is 0 Å². The normalized spacial score (nSPS) is 17.6. The first-order valence-corrected chi connectivity index (χ1v) is 8.10. The van der Waals surface area contributed by atoms with Gasteiger partial charge >= 0.3 is 0 Å². The van der Waals surface area contributed by atoms with E-state index in [-0.39, 0.29) is 5.91 Å². The molecule has 1 aliphatic carbocycles. The third-order valence-corrected chi connectivity index (χ3v) is 4.85. The summed E-state index contributed by atoms with van der Waals surface area (Å²) >= 11 is 9.35. The largest absolute Gasteiger partial charge is 0.349 e. The lowest BCUT2D eigenvalue weighted by Crippen LogP contribution is -2.35. The highest BCUT2D eigenvalue weighted by atomic mass is 79.9. The van der Waals surface area contributed by atoms with Crippen LogP contribution in [0.5, 0.6) is 0 Å². The van der Waals surface area contributed by atoms with E-state index in [0.717, 1.165) is 17.3 Å². The van der Waals surface area contributed by atoms with Crippen LogP contribution in [0.2, 0.25) is 5.02 Å². The Morgan fingerprint density at radius 1 is 1.16 bits per heavy atom. The SMILES string of the molecule is O=C(NC1CCCCCCC1)c1ccc(Br)c(Cl)c1. The molecule has 1 aliphatic rings. The van der Waals surface area contributed by atoms with E-state index in [0.29, 0.717) is 16.6 Å². The molecule has 1 aromatic carbocycles. The molecule has 0 bridgehead atoms. The first kappa shape index (κ1) is 14.9. The molecule has 4 heteroatoms. The van der Waals surface area contributed by atoms with Crippen molar-refractivity contribution in [3.63, 3.8) is 0 Å². The number of hydrogen-bond donors (Lipinski definition) is 1. The van der Waals surface area contributed by atoms with Crippen LogP contribution in [0.25, 0.3) is 0 Å². The van der Waals surface area contributed by atoms with Crippen molar-refractivity contribution >= 4 is 33.4 Å². The number of hydrogen-bond acceptors (Lipinski definition) is 1. The second-order valence-electron chi connectivity index (χ2n) is 5.14. The van der Waals surface area contributed by atoms with Crippen LogP contribution in [0.1, 0.15) is 55.3 Å². The Bertz CT molecular complexity index is 442. The molecule has 2 nitrogen and oxygen atoms in total. The number of rotatable bonds is 2. The van der Waals surface area contributed by atoms with E-state index in [2.05, 4.69) is 21.2 Å². The summed E-state index contributed by atoms with van der Waals surface area (Å²) in [6.45, 7) is 0. The summed E-state index contributed by atoms with van der Waals surface area (Å²) in [4.78, 5) is 12.2. The number of nitrogens with one attached hydrogen (secondary N) is 1. The fourth-order valence-corrected chi connectivity index (χ4v) is 2.93. The molecule has 1 amide bonds. The van der Waals surface area contributed by atoms with Crippen molar-refractivity contribution < 1.29 is 4.79 Å². The molecule has 0 aromatic heterocycles. The van der Waals surface area contributed by atoms with Crippen molar-refractivity contribution in [2.75, 3.05) is 0 Å². The van der Waals surface area contributed by atoms with Gasteiger partial charge in [-0.1, -0.05) is 43.7 Å². The van der Waals surface area contributed by atoms with Crippen LogP contribution in [0, 0.1) is 0 Å². The standard InChI is InChI=1S/C15H19BrClNO/c16-13-9-8-11(10-14(13)17)15(19)18-12-6-4-2-1-3-5-7-12/h8-10,12H,1-7H2,(H,18,19). The van der Waals surface area contributed by atoms with E-state index in [1.165, 1.54) is 32.1 Å². The van der Waals surface area contributed by atoms with E-state index in [4.69, 9.17) is 11.6 Å². The summed E-state index contributed by atoms with van der Waals surface area (Å²) in [5, 5.41) is 3.71. The molecule has 0 radical (unpaired) electrons. The van der Waals surface area contributed by atoms with Gasteiger partial charge in [-0.05, 0) is 47.0 Å². The zero-order chi connectivity index (χ0) is 13.7. The maximum absolute atomic E-state index is 12.2. The maximum Gasteiger partial charge on any atom is 0.251 e. The van der Waals surface area contributed by atoms with Gasteiger partial charge in [0.05, 0.1) is 5.02 Å². The number of benzene rings is 1. The predicted octanol–water partition coefficient (Wildman–Crippen LogP) is 4.95. The van der Waals surface area contributed by atoms with Crippen molar-refractivity contribution in [1.82, 2.24) is 5.32 Å². The highest BCUT2D eigenvalue weighted by Crippen LogP contribution is 2.23. The molecule has 0 atom stereocenters. The zero-order valence-electron chi connectivity index (χ0n) is 10.9. The van der Waals surface area contributed by atoms with Crippen molar-refractivity contribution in [3.8, 4) is 0 Å². The van der Waals surface area contributed by atoms with Gasteiger partial charge < -0.3 is 5.32 Å². The predicted molar refractivity (Wildman–Crippen MR) is 82.7 cm³/mol. The third-order valence-electron chi connectivity index (χ3n) is 3.62. The first-order chi connectivity index (χ1) is 9.16. The molecule has 104 valence electrons. The van der Waals surface area contributed by atoms with Crippen molar-refractivity contribution in [2.24, 2.45) is 0 Å². The van der Waals surface area contributed by atoms with Crippen LogP contribution in [0.15, 0.2) is 22.7 Å². The highest BCUT2D eigenvalue weighted by molar-refractivity contribution is 9.10. The monoisotopic (exact) mass is 343 g/mol. The van der Waals surface area contributed by atoms with Crippen LogP contribution >= 0.6 is 27.5 Å². The number of halogens is 2. The van der Waals surface area contributed by atoms with Gasteiger partial charge in [0.25, 0.3) is 5.91 Å². The topological polar surface area (TPSA) is 29.1 Å². The van der Waals surface area contributed by atoms with Crippen LogP contribution < -0.4 is 5.32 Å². The lowest BCUT2D eigenvalue weighted by atomic mass is 9.96. The molecular formula is C15H19BrClNO. The van der Waals surface area contributed by atoms with Crippen molar-refractivity contribution in [1.29, 1.82) is 0 Å². The van der Waals surface area contributed by atoms with Gasteiger partial charge in [-0.15, -0.1) is 0 Å². The van der Waals surface area contributed by atoms with Gasteiger partial charge in [0.15, 0.2) is 0 Å². The van der Waals surface area contributed by atoms with Crippen LogP contribution in [-0.4, -0.2) is 11.9 Å². The summed E-state index contributed by atoms with van der Waals surface area (Å²) in [6.07, 6.45) is 8.53. The number of carbonyl (C=O) groups excluding carboxylic acids is 1. The van der Waals surface area contributed by atoms with Crippen molar-refractivity contribution in [2.45, 2.75) is 51.0 Å². The van der Waals surface area contributed by atoms with Gasteiger partial charge in [-0.3, -0.25) is 4.79 Å². The molecule has 0 unspecified atom stereocenters. The first-order valence-electron chi connectivity index (χ1n) is 6.93. The van der Waals surface area contributed by atoms with Gasteiger partial charge in [-0.25, -0.2) is 0 Å². The minimum absolute atomic E-state index is 0.0139. The van der Waals surface area contributed by atoms with Crippen LogP contribution in [0.3, 0.4) is 0 Å². The molecule has 1 saturated carbocycles. The second kappa shape index (κ2) is 7.30. The fourth-order valence-electron chi connectivity index (χ4n) is 2.51. The molecule has 0 aliphatic heterocycles. The Hall–Kier alpha value is -0.540. The molecule has 1 aromatic rings. The lowest BCUT2D eigenvalue weighted by molar-refractivity contribution is 0.0930. The fraction of sp³-hybridized carbons (Fsp3) is 0.533. The van der Waals surface area contributed by atoms with E-state index in [1.807, 2.05) is 6.07 Å². The quantitative estimate of drug-likeness (QED) is 0.808. The summed E-state index contributed by atoms with van der Waals surface area (Å²) in [5.41, 5.74) is 0.634. The van der Waals surface area contributed by atoms with E-state index in [9.17, 15) is 4.79 Å². The average molecular weight is 345 g/mol. The van der Waals surface area contributed by atoms with Crippen LogP contribution in [0.4, 0.5) is 0 Å². The highest BCUT2D eigenvalue weighted by Gasteiger charge is 2.15. The molecule has 2 rings (SSSR count). The molecule has 1 fully saturated rings. The van der Waals surface area contributed by atoms with E-state index in [1.54, 1.807) is 12.1 Å². The van der Waals surface area contributed by atoms with E-state index < -0.39 is 0 Å². The molecule has 0 saturated heterocycles. The van der Waals surface area contributed by atoms with E-state index >= 15 is 0 Å². The van der Waals surface area contributed by atoms with Crippen molar-refractivity contribution in [3.05, 3.63) is 33.3 Å². The number of amides is 1. The zero-order valence-corrected chi connectivity index (χ0v) is 13.3. The minimum atomic E-state index is -0.0139. The van der Waals surface area contributed by atoms with Gasteiger partial charge in [-0.2, -0.15) is 0 Å². The smallest absolute Gasteiger partial charge is 0.251 e. The van der Waals surface area contributed by atoms with Gasteiger partial charge in [0.2, 0.25) is 0 Å². The van der Waals surface area contributed by atoms with Gasteiger partial charge in [0, 0.05) is 16.1 Å². The Morgan fingerprint density at radius 3 is 2.42 bits per heavy atom. The third kappa shape index (κ3) is 4.50. The molecule has 19 heavy (non-hydrogen) atoms. The Kier molecular flexibility index (Phi) is 5.71. The summed E-state index contributed by atoms with van der Waals surface area (Å²) in [7, 11) is 0. The molecule has 0 spiro atoms. The Labute approximate surface area is 128 Å². The molecule has 0 heterocycles. The number of carbonyl (C=O) groups is 1. The molecular weight excluding hydrogens is 326 g/mol. The minimum Gasteiger partial charge on any atom is -0.349 e. The average Bonchev–Trinajstić information content (AvgIpc) is 2.35. The van der Waals surface area contributed by atoms with Gasteiger partial charge in [0.1, 0.15) is 0 Å². The lowest BCUT2D eigenvalue weighted by Gasteiger charge is -2.21. The summed E-state index contributed by atoms with van der Waals surface area (Å²) in [6, 6.07) is 5.64. The molecule has 1 N–H and O–H groups in total. The second-order valence-corrected chi connectivity index (χ2v) is 6.41. The summed E-state index contributed by atoms with van der Waals surface area (Å²) < 4.78 is 0.816. The Balaban J connectivity index is 1.96. The summed E-state index contributed by atoms with van der Waals surface area (Å²) in [5.74, 6) is -0.0139. The maximum atomic E-state index is 12.2. The Morgan fingerprint density at radius 2 is 1.79 bits per heavy atom.